The molecule has 1 atom stereocenters. The second kappa shape index (κ2) is 16.7. The van der Waals surface area contributed by atoms with Gasteiger partial charge in [-0.2, -0.15) is 0 Å². The van der Waals surface area contributed by atoms with E-state index in [0.29, 0.717) is 6.54 Å². The minimum atomic E-state index is -0.0422. The Morgan fingerprint density at radius 3 is 2.36 bits per heavy atom. The Morgan fingerprint density at radius 1 is 1.07 bits per heavy atom. The average molecular weight is 506 g/mol. The molecule has 0 heterocycles. The van der Waals surface area contributed by atoms with E-state index in [1.165, 1.54) is 6.42 Å². The molecular weight excluding hydrogens is 467 g/mol. The number of para-hydroxylation sites is 2. The third-order valence-electron chi connectivity index (χ3n) is 4.34. The van der Waals surface area contributed by atoms with Gasteiger partial charge in [-0.1, -0.05) is 26.0 Å². The zero-order valence-corrected chi connectivity index (χ0v) is 20.5. The van der Waals surface area contributed by atoms with Crippen LogP contribution in [0.4, 0.5) is 0 Å². The molecule has 6 nitrogen and oxygen atoms in total. The number of hydrogen-bond acceptors (Lipinski definition) is 4. The minimum Gasteiger partial charge on any atom is -0.493 e. The number of unbranched alkanes of at least 4 members (excludes halogenated alkanes) is 1. The number of aliphatic imine (C=N–C) groups is 1. The number of guanidine groups is 1. The van der Waals surface area contributed by atoms with Crippen LogP contribution in [0.1, 0.15) is 40.5 Å². The molecule has 2 N–H and O–H groups in total. The molecule has 0 saturated carbocycles. The number of hydrogen-bond donors (Lipinski definition) is 2. The number of nitrogens with zero attached hydrogens (tertiary/aromatic N) is 2. The minimum absolute atomic E-state index is 0. The Balaban J connectivity index is 0.00000729. The summed E-state index contributed by atoms with van der Waals surface area (Å²) in [5.41, 5.74) is 0. The Morgan fingerprint density at radius 2 is 1.75 bits per heavy atom. The van der Waals surface area contributed by atoms with Gasteiger partial charge in [0, 0.05) is 13.1 Å². The zero-order chi connectivity index (χ0) is 19.9. The van der Waals surface area contributed by atoms with Crippen molar-refractivity contribution in [2.24, 2.45) is 4.99 Å². The summed E-state index contributed by atoms with van der Waals surface area (Å²) in [4.78, 5) is 7.10. The normalized spacial score (nSPS) is 12.3. The third kappa shape index (κ3) is 10.9. The van der Waals surface area contributed by atoms with Gasteiger partial charge in [0.2, 0.25) is 0 Å². The van der Waals surface area contributed by atoms with Crippen molar-refractivity contribution in [3.05, 3.63) is 24.3 Å². The van der Waals surface area contributed by atoms with E-state index in [-0.39, 0.29) is 30.1 Å². The van der Waals surface area contributed by atoms with Gasteiger partial charge < -0.3 is 25.0 Å². The van der Waals surface area contributed by atoms with Crippen molar-refractivity contribution in [3.63, 3.8) is 0 Å². The summed E-state index contributed by atoms with van der Waals surface area (Å²) in [5, 5.41) is 6.71. The topological polar surface area (TPSA) is 58.1 Å². The monoisotopic (exact) mass is 506 g/mol. The van der Waals surface area contributed by atoms with E-state index in [0.717, 1.165) is 56.6 Å². The molecule has 0 aliphatic rings. The molecule has 1 aromatic carbocycles. The summed E-state index contributed by atoms with van der Waals surface area (Å²) in [7, 11) is 1.65. The van der Waals surface area contributed by atoms with Gasteiger partial charge in [0.15, 0.2) is 17.5 Å². The number of nitrogens with one attached hydrogen (secondary N) is 2. The van der Waals surface area contributed by atoms with Gasteiger partial charge in [0.25, 0.3) is 0 Å². The maximum Gasteiger partial charge on any atom is 0.191 e. The fraction of sp³-hybridized carbons (Fsp3) is 0.667. The molecule has 28 heavy (non-hydrogen) atoms. The second-order valence-electron chi connectivity index (χ2n) is 6.46. The third-order valence-corrected chi connectivity index (χ3v) is 4.34. The van der Waals surface area contributed by atoms with E-state index in [1.54, 1.807) is 7.11 Å². The molecule has 0 amide bonds. The predicted molar refractivity (Wildman–Crippen MR) is 130 cm³/mol. The zero-order valence-electron chi connectivity index (χ0n) is 18.2. The predicted octanol–water partition coefficient (Wildman–Crippen LogP) is 3.76. The first kappa shape index (κ1) is 26.8. The van der Waals surface area contributed by atoms with Crippen molar-refractivity contribution in [2.45, 2.75) is 46.6 Å². The van der Waals surface area contributed by atoms with Gasteiger partial charge in [-0.3, -0.25) is 0 Å². The fourth-order valence-corrected chi connectivity index (χ4v) is 2.74. The van der Waals surface area contributed by atoms with Crippen LogP contribution in [0.5, 0.6) is 11.5 Å². The molecule has 0 aliphatic carbocycles. The molecule has 0 aromatic heterocycles. The van der Waals surface area contributed by atoms with Crippen LogP contribution in [-0.2, 0) is 0 Å². The van der Waals surface area contributed by atoms with E-state index in [1.807, 2.05) is 31.2 Å². The number of methoxy groups -OCH3 is 1. The largest absolute Gasteiger partial charge is 0.493 e. The summed E-state index contributed by atoms with van der Waals surface area (Å²) in [5.74, 6) is 2.33. The molecule has 7 heteroatoms. The lowest BCUT2D eigenvalue weighted by atomic mass is 10.3. The number of ether oxygens (including phenoxy) is 2. The van der Waals surface area contributed by atoms with Gasteiger partial charge in [-0.05, 0) is 58.5 Å². The lowest BCUT2D eigenvalue weighted by Crippen LogP contribution is -2.38. The molecule has 1 unspecified atom stereocenters. The Hall–Kier alpha value is -1.22. The standard InChI is InChI=1S/C21H38N4O2.HI/c1-6-22-21(23-15-11-12-16-25(7-2)8-3)24-17-18(4)27-20-14-10-9-13-19(20)26-5;/h9-10,13-14,18H,6-8,11-12,15-17H2,1-5H3,(H2,22,23,24);1H. The maximum absolute atomic E-state index is 5.97. The van der Waals surface area contributed by atoms with Crippen LogP contribution in [0, 0.1) is 0 Å². The first-order valence-electron chi connectivity index (χ1n) is 10.2. The Labute approximate surface area is 188 Å². The first-order valence-corrected chi connectivity index (χ1v) is 10.2. The lowest BCUT2D eigenvalue weighted by molar-refractivity contribution is 0.219. The molecule has 1 rings (SSSR count). The van der Waals surface area contributed by atoms with Crippen LogP contribution in [0.3, 0.4) is 0 Å². The molecule has 0 aliphatic heterocycles. The van der Waals surface area contributed by atoms with Crippen LogP contribution in [0.25, 0.3) is 0 Å². The fourth-order valence-electron chi connectivity index (χ4n) is 2.74. The smallest absolute Gasteiger partial charge is 0.191 e. The van der Waals surface area contributed by atoms with E-state index >= 15 is 0 Å². The summed E-state index contributed by atoms with van der Waals surface area (Å²) in [6.07, 6.45) is 2.29. The van der Waals surface area contributed by atoms with Crippen LogP contribution < -0.4 is 20.1 Å². The van der Waals surface area contributed by atoms with Crippen molar-refractivity contribution >= 4 is 29.9 Å². The Bertz CT molecular complexity index is 539. The van der Waals surface area contributed by atoms with Gasteiger partial charge in [0.1, 0.15) is 6.10 Å². The lowest BCUT2D eigenvalue weighted by Gasteiger charge is -2.18. The van der Waals surface area contributed by atoms with Crippen LogP contribution >= 0.6 is 24.0 Å². The quantitative estimate of drug-likeness (QED) is 0.185. The van der Waals surface area contributed by atoms with E-state index in [9.17, 15) is 0 Å². The first-order chi connectivity index (χ1) is 13.1. The Kier molecular flexibility index (Phi) is 16.0. The summed E-state index contributed by atoms with van der Waals surface area (Å²) in [6.45, 7) is 14.3. The molecule has 1 aromatic rings. The van der Waals surface area contributed by atoms with Gasteiger partial charge >= 0.3 is 0 Å². The van der Waals surface area contributed by atoms with Crippen LogP contribution in [-0.4, -0.2) is 63.3 Å². The van der Waals surface area contributed by atoms with E-state index < -0.39 is 0 Å². The average Bonchev–Trinajstić information content (AvgIpc) is 2.69. The highest BCUT2D eigenvalue weighted by molar-refractivity contribution is 14.0. The number of benzene rings is 1. The molecule has 0 radical (unpaired) electrons. The molecule has 0 fully saturated rings. The number of rotatable bonds is 13. The van der Waals surface area contributed by atoms with Gasteiger partial charge in [-0.15, -0.1) is 24.0 Å². The summed E-state index contributed by atoms with van der Waals surface area (Å²) >= 11 is 0. The van der Waals surface area contributed by atoms with Crippen LogP contribution in [0.15, 0.2) is 29.3 Å². The van der Waals surface area contributed by atoms with Crippen molar-refractivity contribution < 1.29 is 9.47 Å². The maximum atomic E-state index is 5.97. The highest BCUT2D eigenvalue weighted by atomic mass is 127. The SMILES string of the molecule is CCNC(=NCC(C)Oc1ccccc1OC)NCCCCN(CC)CC.I. The highest BCUT2D eigenvalue weighted by Gasteiger charge is 2.08. The van der Waals surface area contributed by atoms with Gasteiger partial charge in [-0.25, -0.2) is 4.99 Å². The highest BCUT2D eigenvalue weighted by Crippen LogP contribution is 2.26. The van der Waals surface area contributed by atoms with E-state index in [4.69, 9.17) is 9.47 Å². The summed E-state index contributed by atoms with van der Waals surface area (Å²) in [6, 6.07) is 7.69. The van der Waals surface area contributed by atoms with Crippen molar-refractivity contribution in [1.29, 1.82) is 0 Å². The van der Waals surface area contributed by atoms with Crippen molar-refractivity contribution in [2.75, 3.05) is 46.4 Å². The van der Waals surface area contributed by atoms with E-state index in [2.05, 4.69) is 41.3 Å². The molecule has 162 valence electrons. The molecule has 0 saturated heterocycles. The molecular formula is C21H39IN4O2. The summed E-state index contributed by atoms with van der Waals surface area (Å²) < 4.78 is 11.3. The van der Waals surface area contributed by atoms with Crippen LogP contribution in [0.2, 0.25) is 0 Å². The molecule has 0 bridgehead atoms. The van der Waals surface area contributed by atoms with Crippen molar-refractivity contribution in [1.82, 2.24) is 15.5 Å². The van der Waals surface area contributed by atoms with Crippen molar-refractivity contribution in [3.8, 4) is 11.5 Å². The molecule has 0 spiro atoms. The second-order valence-corrected chi connectivity index (χ2v) is 6.46. The number of halogens is 1. The van der Waals surface area contributed by atoms with Gasteiger partial charge in [0.05, 0.1) is 13.7 Å².